The van der Waals surface area contributed by atoms with Crippen LogP contribution in [-0.4, -0.2) is 15.8 Å². The largest absolute Gasteiger partial charge is 0.494 e. The van der Waals surface area contributed by atoms with Gasteiger partial charge < -0.3 is 4.74 Å². The first-order valence-electron chi connectivity index (χ1n) is 6.15. The van der Waals surface area contributed by atoms with Gasteiger partial charge in [-0.1, -0.05) is 18.2 Å². The van der Waals surface area contributed by atoms with Crippen LogP contribution in [0.15, 0.2) is 29.6 Å². The first kappa shape index (κ1) is 14.2. The SMILES string of the molecule is CCOc1ccccc1CS(=O)Cc1csc(C)n1. The highest BCUT2D eigenvalue weighted by molar-refractivity contribution is 7.83. The summed E-state index contributed by atoms with van der Waals surface area (Å²) in [7, 11) is -0.958. The Morgan fingerprint density at radius 1 is 1.32 bits per heavy atom. The molecule has 0 radical (unpaired) electrons. The molecule has 1 unspecified atom stereocenters. The van der Waals surface area contributed by atoms with Crippen LogP contribution in [0.25, 0.3) is 0 Å². The molecule has 1 aromatic carbocycles. The fourth-order valence-corrected chi connectivity index (χ4v) is 3.67. The van der Waals surface area contributed by atoms with Crippen LogP contribution in [0.2, 0.25) is 0 Å². The number of ether oxygens (including phenoxy) is 1. The monoisotopic (exact) mass is 295 g/mol. The smallest absolute Gasteiger partial charge is 0.123 e. The molecule has 0 aliphatic carbocycles. The summed E-state index contributed by atoms with van der Waals surface area (Å²) in [4.78, 5) is 4.35. The number of nitrogens with zero attached hydrogens (tertiary/aromatic N) is 1. The Morgan fingerprint density at radius 2 is 2.11 bits per heavy atom. The maximum absolute atomic E-state index is 12.2. The zero-order chi connectivity index (χ0) is 13.7. The summed E-state index contributed by atoms with van der Waals surface area (Å²) < 4.78 is 17.7. The molecule has 1 aromatic heterocycles. The Bertz CT molecular complexity index is 566. The second-order valence-electron chi connectivity index (χ2n) is 4.13. The van der Waals surface area contributed by atoms with Gasteiger partial charge in [-0.3, -0.25) is 4.21 Å². The van der Waals surface area contributed by atoms with Gasteiger partial charge in [-0.2, -0.15) is 0 Å². The first-order valence-corrected chi connectivity index (χ1v) is 8.52. The van der Waals surface area contributed by atoms with E-state index in [4.69, 9.17) is 4.74 Å². The summed E-state index contributed by atoms with van der Waals surface area (Å²) >= 11 is 1.59. The van der Waals surface area contributed by atoms with Crippen LogP contribution in [0, 0.1) is 6.92 Å². The van der Waals surface area contributed by atoms with Gasteiger partial charge in [0.25, 0.3) is 0 Å². The number of hydrogen-bond acceptors (Lipinski definition) is 4. The van der Waals surface area contributed by atoms with Crippen LogP contribution < -0.4 is 4.74 Å². The van der Waals surface area contributed by atoms with E-state index < -0.39 is 10.8 Å². The molecule has 102 valence electrons. The van der Waals surface area contributed by atoms with Crippen LogP contribution in [0.1, 0.15) is 23.2 Å². The van der Waals surface area contributed by atoms with Crippen molar-refractivity contribution in [2.45, 2.75) is 25.4 Å². The third kappa shape index (κ3) is 4.14. The molecular formula is C14H17NO2S2. The number of thiazole rings is 1. The average Bonchev–Trinajstić information content (AvgIpc) is 2.77. The van der Waals surface area contributed by atoms with E-state index in [1.807, 2.05) is 43.5 Å². The van der Waals surface area contributed by atoms with Gasteiger partial charge in [0.05, 0.1) is 28.8 Å². The number of aryl methyl sites for hydroxylation is 1. The zero-order valence-corrected chi connectivity index (χ0v) is 12.7. The minimum atomic E-state index is -0.958. The van der Waals surface area contributed by atoms with Gasteiger partial charge in [-0.05, 0) is 19.9 Å². The van der Waals surface area contributed by atoms with Crippen molar-refractivity contribution in [3.8, 4) is 5.75 Å². The van der Waals surface area contributed by atoms with Gasteiger partial charge in [0, 0.05) is 21.7 Å². The predicted octanol–water partition coefficient (Wildman–Crippen LogP) is 3.30. The van der Waals surface area contributed by atoms with Crippen LogP contribution >= 0.6 is 11.3 Å². The second-order valence-corrected chi connectivity index (χ2v) is 6.65. The molecule has 3 nitrogen and oxygen atoms in total. The molecule has 1 heterocycles. The lowest BCUT2D eigenvalue weighted by Gasteiger charge is -2.09. The number of benzene rings is 1. The Morgan fingerprint density at radius 3 is 2.79 bits per heavy atom. The number of aromatic nitrogens is 1. The molecule has 0 aliphatic heterocycles. The van der Waals surface area contributed by atoms with E-state index in [1.165, 1.54) is 0 Å². The van der Waals surface area contributed by atoms with Crippen molar-refractivity contribution in [3.63, 3.8) is 0 Å². The number of rotatable bonds is 6. The Labute approximate surface area is 120 Å². The highest BCUT2D eigenvalue weighted by Crippen LogP contribution is 2.21. The molecule has 0 spiro atoms. The third-order valence-corrected chi connectivity index (χ3v) is 4.64. The van der Waals surface area contributed by atoms with Crippen molar-refractivity contribution in [1.82, 2.24) is 4.98 Å². The number of para-hydroxylation sites is 1. The van der Waals surface area contributed by atoms with Gasteiger partial charge in [0.2, 0.25) is 0 Å². The molecule has 0 fully saturated rings. The van der Waals surface area contributed by atoms with Gasteiger partial charge in [-0.25, -0.2) is 4.98 Å². The third-order valence-electron chi connectivity index (χ3n) is 2.56. The van der Waals surface area contributed by atoms with E-state index in [2.05, 4.69) is 4.98 Å². The molecule has 19 heavy (non-hydrogen) atoms. The normalized spacial score (nSPS) is 12.3. The van der Waals surface area contributed by atoms with E-state index in [-0.39, 0.29) is 0 Å². The summed E-state index contributed by atoms with van der Waals surface area (Å²) in [5, 5.41) is 2.99. The van der Waals surface area contributed by atoms with Crippen molar-refractivity contribution in [3.05, 3.63) is 45.9 Å². The molecule has 0 amide bonds. The van der Waals surface area contributed by atoms with Gasteiger partial charge in [-0.15, -0.1) is 11.3 Å². The Kier molecular flexibility index (Phi) is 5.10. The van der Waals surface area contributed by atoms with E-state index in [1.54, 1.807) is 11.3 Å². The summed E-state index contributed by atoms with van der Waals surface area (Å²) in [6.07, 6.45) is 0. The summed E-state index contributed by atoms with van der Waals surface area (Å²) in [6.45, 7) is 4.53. The highest BCUT2D eigenvalue weighted by Gasteiger charge is 2.09. The van der Waals surface area contributed by atoms with E-state index >= 15 is 0 Å². The minimum Gasteiger partial charge on any atom is -0.494 e. The molecule has 2 aromatic rings. The van der Waals surface area contributed by atoms with Crippen LogP contribution in [-0.2, 0) is 22.3 Å². The van der Waals surface area contributed by atoms with Crippen LogP contribution in [0.3, 0.4) is 0 Å². The molecule has 0 saturated carbocycles. The van der Waals surface area contributed by atoms with Gasteiger partial charge >= 0.3 is 0 Å². The quantitative estimate of drug-likeness (QED) is 0.821. The molecule has 0 bridgehead atoms. The topological polar surface area (TPSA) is 39.2 Å². The van der Waals surface area contributed by atoms with E-state index in [9.17, 15) is 4.21 Å². The summed E-state index contributed by atoms with van der Waals surface area (Å²) in [5.41, 5.74) is 1.91. The van der Waals surface area contributed by atoms with Crippen molar-refractivity contribution in [2.24, 2.45) is 0 Å². The lowest BCUT2D eigenvalue weighted by molar-refractivity contribution is 0.337. The molecule has 5 heteroatoms. The van der Waals surface area contributed by atoms with Gasteiger partial charge in [0.1, 0.15) is 5.75 Å². The molecule has 0 N–H and O–H groups in total. The van der Waals surface area contributed by atoms with E-state index in [0.29, 0.717) is 18.1 Å². The van der Waals surface area contributed by atoms with Crippen molar-refractivity contribution in [1.29, 1.82) is 0 Å². The highest BCUT2D eigenvalue weighted by atomic mass is 32.2. The molecule has 1 atom stereocenters. The van der Waals surface area contributed by atoms with E-state index in [0.717, 1.165) is 22.0 Å². The van der Waals surface area contributed by atoms with Crippen molar-refractivity contribution < 1.29 is 8.95 Å². The Hall–Kier alpha value is -1.20. The zero-order valence-electron chi connectivity index (χ0n) is 11.1. The summed E-state index contributed by atoms with van der Waals surface area (Å²) in [6, 6.07) is 7.77. The molecular weight excluding hydrogens is 278 g/mol. The first-order chi connectivity index (χ1) is 9.19. The van der Waals surface area contributed by atoms with Crippen LogP contribution in [0.5, 0.6) is 5.75 Å². The average molecular weight is 295 g/mol. The van der Waals surface area contributed by atoms with Crippen molar-refractivity contribution in [2.75, 3.05) is 6.61 Å². The van der Waals surface area contributed by atoms with Gasteiger partial charge in [0.15, 0.2) is 0 Å². The second kappa shape index (κ2) is 6.82. The predicted molar refractivity (Wildman–Crippen MR) is 80.0 cm³/mol. The fourth-order valence-electron chi connectivity index (χ4n) is 1.78. The fraction of sp³-hybridized carbons (Fsp3) is 0.357. The lowest BCUT2D eigenvalue weighted by atomic mass is 10.2. The lowest BCUT2D eigenvalue weighted by Crippen LogP contribution is -2.03. The maximum atomic E-state index is 12.2. The number of hydrogen-bond donors (Lipinski definition) is 0. The minimum absolute atomic E-state index is 0.505. The standard InChI is InChI=1S/C14H17NO2S2/c1-3-17-14-7-5-4-6-12(14)9-19(16)10-13-8-18-11(2)15-13/h4-8H,3,9-10H2,1-2H3. The maximum Gasteiger partial charge on any atom is 0.123 e. The van der Waals surface area contributed by atoms with Crippen molar-refractivity contribution >= 4 is 22.1 Å². The van der Waals surface area contributed by atoms with Crippen LogP contribution in [0.4, 0.5) is 0 Å². The molecule has 0 saturated heterocycles. The Balaban J connectivity index is 2.02. The molecule has 0 aliphatic rings. The summed E-state index contributed by atoms with van der Waals surface area (Å²) in [5.74, 6) is 1.84. The molecule has 2 rings (SSSR count).